The first kappa shape index (κ1) is 13.3. The molecule has 1 unspecified atom stereocenters. The van der Waals surface area contributed by atoms with Gasteiger partial charge in [-0.25, -0.2) is 9.97 Å². The summed E-state index contributed by atoms with van der Waals surface area (Å²) in [6, 6.07) is 2.04. The standard InChI is InChI=1S/C14H23N3O/c1-5-15-12-9-11(14(2,3)4)16-13(17-12)10-7-6-8-18-10/h9-10H,5-8H2,1-4H3,(H,15,16,17). The SMILES string of the molecule is CCNc1cc(C(C)(C)C)nc(C2CCCO2)n1. The normalized spacial score (nSPS) is 20.1. The number of aromatic nitrogens is 2. The van der Waals surface area contributed by atoms with E-state index in [4.69, 9.17) is 9.72 Å². The number of nitrogens with one attached hydrogen (secondary N) is 1. The molecule has 0 bridgehead atoms. The fraction of sp³-hybridized carbons (Fsp3) is 0.714. The molecular formula is C14H23N3O. The lowest BCUT2D eigenvalue weighted by Crippen LogP contribution is -2.18. The highest BCUT2D eigenvalue weighted by Gasteiger charge is 2.24. The zero-order chi connectivity index (χ0) is 13.2. The molecule has 0 amide bonds. The minimum Gasteiger partial charge on any atom is -0.370 e. The molecule has 100 valence electrons. The Balaban J connectivity index is 2.35. The first-order valence-corrected chi connectivity index (χ1v) is 6.75. The maximum absolute atomic E-state index is 5.69. The van der Waals surface area contributed by atoms with Crippen molar-refractivity contribution < 1.29 is 4.74 Å². The van der Waals surface area contributed by atoms with Gasteiger partial charge < -0.3 is 10.1 Å². The molecule has 1 fully saturated rings. The van der Waals surface area contributed by atoms with E-state index in [1.807, 2.05) is 6.07 Å². The molecule has 4 heteroatoms. The van der Waals surface area contributed by atoms with Gasteiger partial charge in [0.25, 0.3) is 0 Å². The molecule has 1 aromatic heterocycles. The second kappa shape index (κ2) is 5.22. The summed E-state index contributed by atoms with van der Waals surface area (Å²) in [5.74, 6) is 1.74. The maximum Gasteiger partial charge on any atom is 0.159 e. The van der Waals surface area contributed by atoms with Gasteiger partial charge >= 0.3 is 0 Å². The van der Waals surface area contributed by atoms with Gasteiger partial charge in [0.05, 0.1) is 5.69 Å². The topological polar surface area (TPSA) is 47.0 Å². The molecule has 1 aromatic rings. The Labute approximate surface area is 109 Å². The van der Waals surface area contributed by atoms with Gasteiger partial charge in [-0.3, -0.25) is 0 Å². The molecule has 0 aromatic carbocycles. The van der Waals surface area contributed by atoms with Crippen LogP contribution in [0.3, 0.4) is 0 Å². The zero-order valence-electron chi connectivity index (χ0n) is 11.8. The van der Waals surface area contributed by atoms with Crippen molar-refractivity contribution in [2.75, 3.05) is 18.5 Å². The Hall–Kier alpha value is -1.16. The van der Waals surface area contributed by atoms with Gasteiger partial charge in [-0.05, 0) is 19.8 Å². The second-order valence-electron chi connectivity index (χ2n) is 5.78. The smallest absolute Gasteiger partial charge is 0.159 e. The fourth-order valence-corrected chi connectivity index (χ4v) is 2.05. The van der Waals surface area contributed by atoms with Crippen molar-refractivity contribution in [3.05, 3.63) is 17.6 Å². The van der Waals surface area contributed by atoms with Gasteiger partial charge in [0, 0.05) is 24.6 Å². The Morgan fingerprint density at radius 2 is 2.17 bits per heavy atom. The molecule has 2 heterocycles. The van der Waals surface area contributed by atoms with E-state index in [-0.39, 0.29) is 11.5 Å². The maximum atomic E-state index is 5.69. The molecular weight excluding hydrogens is 226 g/mol. The van der Waals surface area contributed by atoms with E-state index in [9.17, 15) is 0 Å². The Kier molecular flexibility index (Phi) is 3.85. The highest BCUT2D eigenvalue weighted by molar-refractivity contribution is 5.38. The van der Waals surface area contributed by atoms with Crippen LogP contribution in [-0.2, 0) is 10.2 Å². The van der Waals surface area contributed by atoms with Gasteiger partial charge in [-0.1, -0.05) is 20.8 Å². The van der Waals surface area contributed by atoms with E-state index in [0.29, 0.717) is 0 Å². The molecule has 4 nitrogen and oxygen atoms in total. The van der Waals surface area contributed by atoms with Crippen molar-refractivity contribution in [2.24, 2.45) is 0 Å². The zero-order valence-corrected chi connectivity index (χ0v) is 11.8. The van der Waals surface area contributed by atoms with Crippen molar-refractivity contribution in [1.29, 1.82) is 0 Å². The first-order chi connectivity index (χ1) is 8.50. The molecule has 1 aliphatic rings. The quantitative estimate of drug-likeness (QED) is 0.894. The summed E-state index contributed by atoms with van der Waals surface area (Å²) in [7, 11) is 0. The number of anilines is 1. The number of hydrogen-bond acceptors (Lipinski definition) is 4. The van der Waals surface area contributed by atoms with Crippen molar-refractivity contribution in [1.82, 2.24) is 9.97 Å². The van der Waals surface area contributed by atoms with Gasteiger partial charge in [-0.15, -0.1) is 0 Å². The molecule has 2 rings (SSSR count). The van der Waals surface area contributed by atoms with Crippen LogP contribution in [0.1, 0.15) is 58.2 Å². The van der Waals surface area contributed by atoms with Crippen molar-refractivity contribution in [2.45, 2.75) is 52.1 Å². The largest absolute Gasteiger partial charge is 0.370 e. The average molecular weight is 249 g/mol. The lowest BCUT2D eigenvalue weighted by molar-refractivity contribution is 0.105. The summed E-state index contributed by atoms with van der Waals surface area (Å²) in [6.07, 6.45) is 2.20. The number of rotatable bonds is 3. The Morgan fingerprint density at radius 3 is 2.72 bits per heavy atom. The minimum absolute atomic E-state index is 0.0282. The summed E-state index contributed by atoms with van der Waals surface area (Å²) in [5, 5.41) is 3.28. The Bertz CT molecular complexity index is 406. The van der Waals surface area contributed by atoms with Crippen LogP contribution in [0, 0.1) is 0 Å². The van der Waals surface area contributed by atoms with Crippen molar-refractivity contribution >= 4 is 5.82 Å². The number of hydrogen-bond donors (Lipinski definition) is 1. The van der Waals surface area contributed by atoms with Gasteiger partial charge in [0.1, 0.15) is 11.9 Å². The number of nitrogens with zero attached hydrogens (tertiary/aromatic N) is 2. The van der Waals surface area contributed by atoms with Crippen molar-refractivity contribution in [3.63, 3.8) is 0 Å². The van der Waals surface area contributed by atoms with Crippen LogP contribution >= 0.6 is 0 Å². The molecule has 18 heavy (non-hydrogen) atoms. The lowest BCUT2D eigenvalue weighted by Gasteiger charge is -2.21. The molecule has 1 N–H and O–H groups in total. The van der Waals surface area contributed by atoms with E-state index in [1.165, 1.54) is 0 Å². The molecule has 1 atom stereocenters. The van der Waals surface area contributed by atoms with Crippen LogP contribution in [0.4, 0.5) is 5.82 Å². The monoisotopic (exact) mass is 249 g/mol. The summed E-state index contributed by atoms with van der Waals surface area (Å²) in [6.45, 7) is 10.3. The Morgan fingerprint density at radius 1 is 1.39 bits per heavy atom. The minimum atomic E-state index is 0.0282. The van der Waals surface area contributed by atoms with Crippen LogP contribution in [0.15, 0.2) is 6.07 Å². The van der Waals surface area contributed by atoms with Crippen LogP contribution in [0.2, 0.25) is 0 Å². The predicted molar refractivity (Wildman–Crippen MR) is 72.8 cm³/mol. The van der Waals surface area contributed by atoms with Gasteiger partial charge in [0.15, 0.2) is 5.82 Å². The fourth-order valence-electron chi connectivity index (χ4n) is 2.05. The van der Waals surface area contributed by atoms with E-state index in [2.05, 4.69) is 38.0 Å². The third kappa shape index (κ3) is 2.99. The molecule has 0 saturated carbocycles. The lowest BCUT2D eigenvalue weighted by atomic mass is 9.92. The highest BCUT2D eigenvalue weighted by Crippen LogP contribution is 2.29. The van der Waals surface area contributed by atoms with E-state index < -0.39 is 0 Å². The van der Waals surface area contributed by atoms with E-state index in [0.717, 1.165) is 43.3 Å². The van der Waals surface area contributed by atoms with Crippen LogP contribution in [0.25, 0.3) is 0 Å². The van der Waals surface area contributed by atoms with Gasteiger partial charge in [0.2, 0.25) is 0 Å². The highest BCUT2D eigenvalue weighted by atomic mass is 16.5. The summed E-state index contributed by atoms with van der Waals surface area (Å²) >= 11 is 0. The molecule has 1 saturated heterocycles. The summed E-state index contributed by atoms with van der Waals surface area (Å²) in [5.41, 5.74) is 1.10. The molecule has 0 aliphatic carbocycles. The number of ether oxygens (including phenoxy) is 1. The van der Waals surface area contributed by atoms with Crippen LogP contribution in [0.5, 0.6) is 0 Å². The predicted octanol–water partition coefficient (Wildman–Crippen LogP) is 3.06. The van der Waals surface area contributed by atoms with Crippen molar-refractivity contribution in [3.8, 4) is 0 Å². The van der Waals surface area contributed by atoms with Gasteiger partial charge in [-0.2, -0.15) is 0 Å². The second-order valence-corrected chi connectivity index (χ2v) is 5.78. The van der Waals surface area contributed by atoms with Crippen LogP contribution in [-0.4, -0.2) is 23.1 Å². The van der Waals surface area contributed by atoms with E-state index in [1.54, 1.807) is 0 Å². The molecule has 0 radical (unpaired) electrons. The third-order valence-electron chi connectivity index (χ3n) is 3.09. The third-order valence-corrected chi connectivity index (χ3v) is 3.09. The average Bonchev–Trinajstić information content (AvgIpc) is 2.81. The van der Waals surface area contributed by atoms with Crippen LogP contribution < -0.4 is 5.32 Å². The summed E-state index contributed by atoms with van der Waals surface area (Å²) < 4.78 is 5.69. The van der Waals surface area contributed by atoms with E-state index >= 15 is 0 Å². The molecule has 1 aliphatic heterocycles. The summed E-state index contributed by atoms with van der Waals surface area (Å²) in [4.78, 5) is 9.26. The first-order valence-electron chi connectivity index (χ1n) is 6.75. The molecule has 0 spiro atoms.